The Morgan fingerprint density at radius 2 is 0.544 bits per heavy atom. The number of carbonyl (C=O) groups excluding carboxylic acids is 3. The first-order valence-corrected chi connectivity index (χ1v) is 32.0. The fourth-order valence-corrected chi connectivity index (χ4v) is 8.31. The third kappa shape index (κ3) is 63.7. The van der Waals surface area contributed by atoms with E-state index < -0.39 is 12.1 Å². The van der Waals surface area contributed by atoms with Gasteiger partial charge in [-0.1, -0.05) is 275 Å². The molecule has 0 aromatic heterocycles. The Morgan fingerprint density at radius 1 is 0.278 bits per heavy atom. The van der Waals surface area contributed by atoms with E-state index >= 15 is 0 Å². The molecule has 0 amide bonds. The van der Waals surface area contributed by atoms with Crippen molar-refractivity contribution in [2.24, 2.45) is 0 Å². The summed E-state index contributed by atoms with van der Waals surface area (Å²) in [6.07, 6.45) is 95.6. The molecule has 6 nitrogen and oxygen atoms in total. The van der Waals surface area contributed by atoms with Crippen LogP contribution in [-0.4, -0.2) is 37.2 Å². The van der Waals surface area contributed by atoms with Gasteiger partial charge in [0.05, 0.1) is 6.42 Å². The minimum absolute atomic E-state index is 0.115. The van der Waals surface area contributed by atoms with Crippen molar-refractivity contribution in [3.05, 3.63) is 158 Å². The number of rotatable bonds is 56. The van der Waals surface area contributed by atoms with Gasteiger partial charge in [0.15, 0.2) is 6.10 Å². The van der Waals surface area contributed by atoms with E-state index in [2.05, 4.69) is 167 Å². The Bertz CT molecular complexity index is 1780. The molecule has 0 aromatic rings. The standard InChI is InChI=1S/C73H116O6/c1-4-7-10-13-16-19-22-25-28-30-32-34-36-38-40-42-45-48-51-54-57-60-63-66-72(75)78-69-70(68-77-71(74)65-62-59-56-53-50-47-44-27-24-21-18-15-12-9-6-3)79-73(76)67-64-61-58-55-52-49-46-43-41-39-37-35-33-31-29-26-23-20-17-14-11-8-5-2/h7,9-10,12,16,18-19,21,23,25-28,31-34,38,40,44-45,48,50,53,59,62,70H,4-6,8,11,13-15,17,20,22,24,29-30,35-37,39,41-43,46-47,49,51-52,54-58,60-61,63-69H2,1-3H3/b10-7-,12-9-,19-16-,21-18-,26-23-,28-25-,33-31-,34-32-,40-38-,44-27-,48-45-,53-50-,62-59-. The number of esters is 3. The van der Waals surface area contributed by atoms with Crippen LogP contribution in [0.4, 0.5) is 0 Å². The SMILES string of the molecule is CC/C=C\C/C=C\C/C=C\C/C=C\C/C=C\C/C=C\CCCCCCC(=O)OCC(COC(=O)C/C=C\C/C=C\C/C=C\C/C=C\C/C=C\CC)OC(=O)CCCCCCCCCCCCC/C=C\C/C=C\CCCCCCC. The predicted octanol–water partition coefficient (Wildman–Crippen LogP) is 22.1. The molecule has 0 fully saturated rings. The van der Waals surface area contributed by atoms with Crippen LogP contribution in [0.1, 0.15) is 265 Å². The number of carbonyl (C=O) groups is 3. The summed E-state index contributed by atoms with van der Waals surface area (Å²) in [5.41, 5.74) is 0. The third-order valence-corrected chi connectivity index (χ3v) is 13.0. The molecule has 0 saturated heterocycles. The van der Waals surface area contributed by atoms with Gasteiger partial charge in [-0.3, -0.25) is 14.4 Å². The minimum atomic E-state index is -0.839. The van der Waals surface area contributed by atoms with Crippen LogP contribution >= 0.6 is 0 Å². The highest BCUT2D eigenvalue weighted by molar-refractivity contribution is 5.72. The Balaban J connectivity index is 4.51. The summed E-state index contributed by atoms with van der Waals surface area (Å²) < 4.78 is 16.8. The van der Waals surface area contributed by atoms with E-state index in [-0.39, 0.29) is 31.6 Å². The second-order valence-electron chi connectivity index (χ2n) is 20.6. The first-order chi connectivity index (χ1) is 39.0. The zero-order valence-corrected chi connectivity index (χ0v) is 50.8. The molecule has 0 radical (unpaired) electrons. The molecule has 0 rings (SSSR count). The lowest BCUT2D eigenvalue weighted by Crippen LogP contribution is -2.30. The van der Waals surface area contributed by atoms with Crippen LogP contribution in [0.5, 0.6) is 0 Å². The van der Waals surface area contributed by atoms with E-state index in [0.717, 1.165) is 128 Å². The van der Waals surface area contributed by atoms with Crippen molar-refractivity contribution in [1.29, 1.82) is 0 Å². The summed E-state index contributed by atoms with van der Waals surface area (Å²) in [5, 5.41) is 0. The van der Waals surface area contributed by atoms with Crippen molar-refractivity contribution in [3.8, 4) is 0 Å². The zero-order chi connectivity index (χ0) is 57.1. The highest BCUT2D eigenvalue weighted by Gasteiger charge is 2.19. The van der Waals surface area contributed by atoms with E-state index in [4.69, 9.17) is 14.2 Å². The molecule has 0 bridgehead atoms. The molecular weight excluding hydrogens is 973 g/mol. The predicted molar refractivity (Wildman–Crippen MR) is 343 cm³/mol. The molecular formula is C73H116O6. The largest absolute Gasteiger partial charge is 0.462 e. The summed E-state index contributed by atoms with van der Waals surface area (Å²) >= 11 is 0. The number of hydrogen-bond acceptors (Lipinski definition) is 6. The lowest BCUT2D eigenvalue weighted by atomic mass is 10.0. The zero-order valence-electron chi connectivity index (χ0n) is 50.8. The van der Waals surface area contributed by atoms with Crippen LogP contribution in [0.3, 0.4) is 0 Å². The fourth-order valence-electron chi connectivity index (χ4n) is 8.31. The number of ether oxygens (including phenoxy) is 3. The molecule has 0 aliphatic rings. The van der Waals surface area contributed by atoms with Crippen molar-refractivity contribution < 1.29 is 28.6 Å². The maximum absolute atomic E-state index is 12.9. The van der Waals surface area contributed by atoms with E-state index in [9.17, 15) is 14.4 Å². The lowest BCUT2D eigenvalue weighted by Gasteiger charge is -2.18. The van der Waals surface area contributed by atoms with Crippen molar-refractivity contribution in [3.63, 3.8) is 0 Å². The average Bonchev–Trinajstić information content (AvgIpc) is 3.45. The van der Waals surface area contributed by atoms with Gasteiger partial charge < -0.3 is 14.2 Å². The Morgan fingerprint density at radius 3 is 0.886 bits per heavy atom. The quantitative estimate of drug-likeness (QED) is 0.0261. The number of allylic oxidation sites excluding steroid dienone is 25. The monoisotopic (exact) mass is 1090 g/mol. The summed E-state index contributed by atoms with van der Waals surface area (Å²) in [7, 11) is 0. The summed E-state index contributed by atoms with van der Waals surface area (Å²) in [5.74, 6) is -1.09. The molecule has 0 aromatic carbocycles. The van der Waals surface area contributed by atoms with Crippen LogP contribution in [0.15, 0.2) is 158 Å². The number of hydrogen-bond donors (Lipinski definition) is 0. The molecule has 6 heteroatoms. The van der Waals surface area contributed by atoms with Gasteiger partial charge in [-0.15, -0.1) is 0 Å². The molecule has 0 saturated carbocycles. The van der Waals surface area contributed by atoms with Crippen LogP contribution in [-0.2, 0) is 28.6 Å². The first kappa shape index (κ1) is 74.0. The van der Waals surface area contributed by atoms with E-state index in [1.54, 1.807) is 6.08 Å². The molecule has 444 valence electrons. The second-order valence-corrected chi connectivity index (χ2v) is 20.6. The van der Waals surface area contributed by atoms with Crippen molar-refractivity contribution in [1.82, 2.24) is 0 Å². The maximum atomic E-state index is 12.9. The van der Waals surface area contributed by atoms with Gasteiger partial charge in [-0.05, 0) is 128 Å². The molecule has 79 heavy (non-hydrogen) atoms. The van der Waals surface area contributed by atoms with Gasteiger partial charge in [0, 0.05) is 12.8 Å². The van der Waals surface area contributed by atoms with Gasteiger partial charge >= 0.3 is 17.9 Å². The Kier molecular flexibility index (Phi) is 61.4. The topological polar surface area (TPSA) is 78.9 Å². The van der Waals surface area contributed by atoms with Gasteiger partial charge in [0.2, 0.25) is 0 Å². The summed E-state index contributed by atoms with van der Waals surface area (Å²) in [6.45, 7) is 6.29. The van der Waals surface area contributed by atoms with Gasteiger partial charge in [0.1, 0.15) is 13.2 Å². The van der Waals surface area contributed by atoms with E-state index in [1.165, 1.54) is 96.3 Å². The van der Waals surface area contributed by atoms with Crippen LogP contribution in [0.2, 0.25) is 0 Å². The molecule has 1 atom stereocenters. The second kappa shape index (κ2) is 65.5. The minimum Gasteiger partial charge on any atom is -0.462 e. The van der Waals surface area contributed by atoms with Crippen molar-refractivity contribution in [2.45, 2.75) is 271 Å². The Labute approximate surface area is 486 Å². The number of unbranched alkanes of at least 4 members (excludes halogenated alkanes) is 20. The Hall–Kier alpha value is -4.97. The third-order valence-electron chi connectivity index (χ3n) is 13.0. The summed E-state index contributed by atoms with van der Waals surface area (Å²) in [4.78, 5) is 38.3. The van der Waals surface area contributed by atoms with E-state index in [0.29, 0.717) is 12.8 Å². The molecule has 0 spiro atoms. The van der Waals surface area contributed by atoms with Gasteiger partial charge in [-0.25, -0.2) is 0 Å². The summed E-state index contributed by atoms with van der Waals surface area (Å²) in [6, 6.07) is 0. The molecule has 0 heterocycles. The average molecular weight is 1090 g/mol. The molecule has 0 N–H and O–H groups in total. The van der Waals surface area contributed by atoms with E-state index in [1.807, 2.05) is 6.08 Å². The highest BCUT2D eigenvalue weighted by Crippen LogP contribution is 2.15. The van der Waals surface area contributed by atoms with Crippen molar-refractivity contribution >= 4 is 17.9 Å². The molecule has 1 unspecified atom stereocenters. The van der Waals surface area contributed by atoms with Crippen LogP contribution < -0.4 is 0 Å². The molecule has 0 aliphatic heterocycles. The lowest BCUT2D eigenvalue weighted by molar-refractivity contribution is -0.166. The first-order valence-electron chi connectivity index (χ1n) is 32.0. The molecule has 0 aliphatic carbocycles. The smallest absolute Gasteiger partial charge is 0.309 e. The van der Waals surface area contributed by atoms with Crippen molar-refractivity contribution in [2.75, 3.05) is 13.2 Å². The van der Waals surface area contributed by atoms with Crippen LogP contribution in [0.25, 0.3) is 0 Å². The normalized spacial score (nSPS) is 13.2. The highest BCUT2D eigenvalue weighted by atomic mass is 16.6. The van der Waals surface area contributed by atoms with Gasteiger partial charge in [-0.2, -0.15) is 0 Å². The van der Waals surface area contributed by atoms with Gasteiger partial charge in [0.25, 0.3) is 0 Å². The van der Waals surface area contributed by atoms with Crippen LogP contribution in [0, 0.1) is 0 Å². The maximum Gasteiger partial charge on any atom is 0.309 e. The fraction of sp³-hybridized carbons (Fsp3) is 0.603.